The molecular formula is C16H17N3O5. The molecule has 1 aromatic rings. The summed E-state index contributed by atoms with van der Waals surface area (Å²) in [7, 11) is 0. The quantitative estimate of drug-likeness (QED) is 0.802. The number of carbonyl (C=O) groups is 3. The third-order valence-corrected chi connectivity index (χ3v) is 3.90. The van der Waals surface area contributed by atoms with Crippen LogP contribution in [-0.4, -0.2) is 60.3 Å². The Morgan fingerprint density at radius 3 is 2.67 bits per heavy atom. The van der Waals surface area contributed by atoms with Crippen LogP contribution in [0.4, 0.5) is 16.2 Å². The van der Waals surface area contributed by atoms with Gasteiger partial charge in [0.15, 0.2) is 0 Å². The molecule has 8 heteroatoms. The molecule has 2 N–H and O–H groups in total. The molecule has 0 bridgehead atoms. The number of benzene rings is 1. The lowest BCUT2D eigenvalue weighted by molar-refractivity contribution is -0.125. The zero-order valence-electron chi connectivity index (χ0n) is 12.8. The van der Waals surface area contributed by atoms with Gasteiger partial charge in [-0.1, -0.05) is 12.2 Å². The maximum absolute atomic E-state index is 12.2. The van der Waals surface area contributed by atoms with Crippen molar-refractivity contribution in [2.24, 2.45) is 0 Å². The highest BCUT2D eigenvalue weighted by molar-refractivity contribution is 5.99. The van der Waals surface area contributed by atoms with E-state index in [1.165, 1.54) is 0 Å². The lowest BCUT2D eigenvalue weighted by atomic mass is 10.2. The molecule has 8 nitrogen and oxygen atoms in total. The number of anilines is 2. The lowest BCUT2D eigenvalue weighted by Gasteiger charge is -2.27. The van der Waals surface area contributed by atoms with Gasteiger partial charge in [-0.15, -0.1) is 0 Å². The number of morpholine rings is 1. The molecule has 1 unspecified atom stereocenters. The molecule has 126 valence electrons. The van der Waals surface area contributed by atoms with Gasteiger partial charge in [0.05, 0.1) is 6.61 Å². The Bertz CT molecular complexity index is 685. The third kappa shape index (κ3) is 3.23. The molecule has 1 fully saturated rings. The summed E-state index contributed by atoms with van der Waals surface area (Å²) in [6.45, 7) is 1.25. The SMILES string of the molecule is O=C(Nc1ccc(N2CCOCC2=O)cc1)C1C=CCN1C(=O)O. The van der Waals surface area contributed by atoms with Crippen LogP contribution in [0.1, 0.15) is 0 Å². The van der Waals surface area contributed by atoms with E-state index in [1.807, 2.05) is 0 Å². The van der Waals surface area contributed by atoms with Crippen LogP contribution in [0.2, 0.25) is 0 Å². The highest BCUT2D eigenvalue weighted by Crippen LogP contribution is 2.20. The van der Waals surface area contributed by atoms with E-state index in [4.69, 9.17) is 9.84 Å². The van der Waals surface area contributed by atoms with Gasteiger partial charge in [-0.25, -0.2) is 4.79 Å². The second kappa shape index (κ2) is 6.71. The molecule has 24 heavy (non-hydrogen) atoms. The van der Waals surface area contributed by atoms with Crippen molar-refractivity contribution >= 4 is 29.3 Å². The number of carbonyl (C=O) groups excluding carboxylic acids is 2. The number of hydrogen-bond donors (Lipinski definition) is 2. The fraction of sp³-hybridized carbons (Fsp3) is 0.312. The first kappa shape index (κ1) is 16.0. The molecule has 0 aliphatic carbocycles. The summed E-state index contributed by atoms with van der Waals surface area (Å²) in [5.41, 5.74) is 1.27. The average molecular weight is 331 g/mol. The Hall–Kier alpha value is -2.87. The van der Waals surface area contributed by atoms with Crippen LogP contribution in [-0.2, 0) is 14.3 Å². The van der Waals surface area contributed by atoms with Gasteiger partial charge < -0.3 is 20.1 Å². The number of nitrogens with zero attached hydrogens (tertiary/aromatic N) is 2. The van der Waals surface area contributed by atoms with Crippen molar-refractivity contribution in [3.63, 3.8) is 0 Å². The van der Waals surface area contributed by atoms with E-state index in [2.05, 4.69) is 5.32 Å². The molecule has 3 rings (SSSR count). The van der Waals surface area contributed by atoms with E-state index < -0.39 is 18.0 Å². The van der Waals surface area contributed by atoms with Gasteiger partial charge in [0, 0.05) is 24.5 Å². The number of nitrogens with one attached hydrogen (secondary N) is 1. The van der Waals surface area contributed by atoms with Crippen molar-refractivity contribution in [3.8, 4) is 0 Å². The van der Waals surface area contributed by atoms with Crippen LogP contribution in [0.15, 0.2) is 36.4 Å². The van der Waals surface area contributed by atoms with E-state index in [-0.39, 0.29) is 19.1 Å². The first-order chi connectivity index (χ1) is 11.6. The summed E-state index contributed by atoms with van der Waals surface area (Å²) in [5, 5.41) is 11.7. The monoisotopic (exact) mass is 331 g/mol. The third-order valence-electron chi connectivity index (χ3n) is 3.90. The van der Waals surface area contributed by atoms with Crippen LogP contribution in [0.3, 0.4) is 0 Å². The molecule has 0 spiro atoms. The van der Waals surface area contributed by atoms with E-state index >= 15 is 0 Å². The predicted octanol–water partition coefficient (Wildman–Crippen LogP) is 0.907. The second-order valence-corrected chi connectivity index (χ2v) is 5.44. The number of hydrogen-bond acceptors (Lipinski definition) is 4. The Balaban J connectivity index is 1.66. The van der Waals surface area contributed by atoms with Crippen LogP contribution >= 0.6 is 0 Å². The Kier molecular flexibility index (Phi) is 4.48. The van der Waals surface area contributed by atoms with Crippen molar-refractivity contribution in [1.29, 1.82) is 0 Å². The van der Waals surface area contributed by atoms with Gasteiger partial charge >= 0.3 is 6.09 Å². The van der Waals surface area contributed by atoms with Crippen molar-refractivity contribution in [2.75, 3.05) is 36.5 Å². The fourth-order valence-electron chi connectivity index (χ4n) is 2.68. The number of ether oxygens (including phenoxy) is 1. The van der Waals surface area contributed by atoms with E-state index in [9.17, 15) is 14.4 Å². The van der Waals surface area contributed by atoms with Gasteiger partial charge in [0.1, 0.15) is 12.6 Å². The largest absolute Gasteiger partial charge is 0.465 e. The first-order valence-electron chi connectivity index (χ1n) is 7.51. The molecule has 2 aliphatic rings. The molecular weight excluding hydrogens is 314 g/mol. The first-order valence-corrected chi connectivity index (χ1v) is 7.51. The molecule has 0 radical (unpaired) electrons. The van der Waals surface area contributed by atoms with Gasteiger partial charge in [-0.2, -0.15) is 0 Å². The zero-order valence-corrected chi connectivity index (χ0v) is 12.8. The fourth-order valence-corrected chi connectivity index (χ4v) is 2.68. The normalized spacial score (nSPS) is 20.3. The number of amides is 3. The highest BCUT2D eigenvalue weighted by atomic mass is 16.5. The van der Waals surface area contributed by atoms with Gasteiger partial charge in [0.25, 0.3) is 11.8 Å². The van der Waals surface area contributed by atoms with Crippen molar-refractivity contribution in [1.82, 2.24) is 4.90 Å². The Morgan fingerprint density at radius 1 is 1.25 bits per heavy atom. The van der Waals surface area contributed by atoms with Gasteiger partial charge in [0.2, 0.25) is 0 Å². The average Bonchev–Trinajstić information content (AvgIpc) is 3.06. The minimum absolute atomic E-state index is 0.0670. The highest BCUT2D eigenvalue weighted by Gasteiger charge is 2.30. The molecule has 2 aliphatic heterocycles. The van der Waals surface area contributed by atoms with Gasteiger partial charge in [-0.3, -0.25) is 14.5 Å². The molecule has 0 saturated carbocycles. The van der Waals surface area contributed by atoms with Crippen LogP contribution < -0.4 is 10.2 Å². The lowest BCUT2D eigenvalue weighted by Crippen LogP contribution is -2.42. The van der Waals surface area contributed by atoms with E-state index in [0.717, 1.165) is 10.6 Å². The second-order valence-electron chi connectivity index (χ2n) is 5.44. The van der Waals surface area contributed by atoms with Crippen molar-refractivity contribution in [2.45, 2.75) is 6.04 Å². The standard InChI is InChI=1S/C16H17N3O5/c20-14-10-24-9-8-18(14)12-5-3-11(4-6-12)17-15(21)13-2-1-7-19(13)16(22)23/h1-6,13H,7-10H2,(H,17,21)(H,22,23). The summed E-state index contributed by atoms with van der Waals surface area (Å²) in [6.07, 6.45) is 2.07. The molecule has 0 aromatic heterocycles. The Morgan fingerprint density at radius 2 is 2.00 bits per heavy atom. The zero-order chi connectivity index (χ0) is 17.1. The maximum atomic E-state index is 12.2. The topological polar surface area (TPSA) is 99.2 Å². The number of rotatable bonds is 3. The molecule has 1 saturated heterocycles. The summed E-state index contributed by atoms with van der Waals surface area (Å²) < 4.78 is 5.09. The molecule has 2 heterocycles. The van der Waals surface area contributed by atoms with Crippen LogP contribution in [0.5, 0.6) is 0 Å². The van der Waals surface area contributed by atoms with Crippen LogP contribution in [0.25, 0.3) is 0 Å². The summed E-state index contributed by atoms with van der Waals surface area (Å²) in [6, 6.07) is 6.00. The molecule has 1 atom stereocenters. The van der Waals surface area contributed by atoms with Crippen molar-refractivity contribution in [3.05, 3.63) is 36.4 Å². The van der Waals surface area contributed by atoms with Crippen molar-refractivity contribution < 1.29 is 24.2 Å². The summed E-state index contributed by atoms with van der Waals surface area (Å²) in [5.74, 6) is -0.521. The summed E-state index contributed by atoms with van der Waals surface area (Å²) in [4.78, 5) is 37.8. The van der Waals surface area contributed by atoms with Gasteiger partial charge in [-0.05, 0) is 24.3 Å². The minimum atomic E-state index is -1.14. The minimum Gasteiger partial charge on any atom is -0.465 e. The predicted molar refractivity (Wildman–Crippen MR) is 85.9 cm³/mol. The van der Waals surface area contributed by atoms with E-state index in [1.54, 1.807) is 41.3 Å². The van der Waals surface area contributed by atoms with Crippen LogP contribution in [0, 0.1) is 0 Å². The number of carboxylic acid groups (broad SMARTS) is 1. The van der Waals surface area contributed by atoms with E-state index in [0.29, 0.717) is 18.8 Å². The smallest absolute Gasteiger partial charge is 0.408 e. The Labute approximate surface area is 138 Å². The summed E-state index contributed by atoms with van der Waals surface area (Å²) >= 11 is 0. The maximum Gasteiger partial charge on any atom is 0.408 e. The molecule has 1 aromatic carbocycles. The molecule has 3 amide bonds.